The van der Waals surface area contributed by atoms with E-state index in [-0.39, 0.29) is 23.7 Å². The fourth-order valence-corrected chi connectivity index (χ4v) is 3.94. The Bertz CT molecular complexity index is 560. The second-order valence-corrected chi connectivity index (χ2v) is 6.70. The zero-order valence-electron chi connectivity index (χ0n) is 11.8. The van der Waals surface area contributed by atoms with Crippen LogP contribution in [-0.4, -0.2) is 29.2 Å². The molecule has 21 heavy (non-hydrogen) atoms. The zero-order valence-corrected chi connectivity index (χ0v) is 13.3. The molecule has 2 aliphatic heterocycles. The van der Waals surface area contributed by atoms with E-state index in [0.717, 1.165) is 12.0 Å². The van der Waals surface area contributed by atoms with Crippen LogP contribution in [0.5, 0.6) is 0 Å². The summed E-state index contributed by atoms with van der Waals surface area (Å²) in [7, 11) is 0. The number of fused-ring (bicyclic) bond motifs is 2. The van der Waals surface area contributed by atoms with E-state index < -0.39 is 12.2 Å². The average molecular weight is 329 g/mol. The van der Waals surface area contributed by atoms with E-state index in [2.05, 4.69) is 0 Å². The fraction of sp³-hybridized carbons (Fsp3) is 0.562. The van der Waals surface area contributed by atoms with Crippen LogP contribution < -0.4 is 0 Å². The minimum atomic E-state index is -0.553. The molecule has 114 valence electrons. The van der Waals surface area contributed by atoms with Crippen LogP contribution in [-0.2, 0) is 9.53 Å². The summed E-state index contributed by atoms with van der Waals surface area (Å²) in [5, 5.41) is 11.2. The number of hydrogen-bond acceptors (Lipinski definition) is 3. The normalized spacial score (nSPS) is 35.0. The molecule has 1 aromatic rings. The third kappa shape index (κ3) is 2.72. The molecule has 2 aliphatic rings. The summed E-state index contributed by atoms with van der Waals surface area (Å²) in [6.07, 6.45) is 0.863. The number of Topliss-reactive ketones (excluding diaryl/α,β-unsaturated/α-hetero) is 1. The Kier molecular flexibility index (Phi) is 4.28. The Morgan fingerprint density at radius 3 is 2.76 bits per heavy atom. The van der Waals surface area contributed by atoms with Gasteiger partial charge in [0, 0.05) is 12.8 Å². The number of carbonyl (C=O) groups excluding carboxylic acids is 1. The van der Waals surface area contributed by atoms with E-state index >= 15 is 0 Å². The number of aliphatic hydroxyl groups is 1. The highest BCUT2D eigenvalue weighted by Crippen LogP contribution is 2.46. The van der Waals surface area contributed by atoms with Gasteiger partial charge in [-0.1, -0.05) is 36.2 Å². The van der Waals surface area contributed by atoms with Gasteiger partial charge in [-0.25, -0.2) is 0 Å². The lowest BCUT2D eigenvalue weighted by molar-refractivity contribution is -0.137. The predicted octanol–water partition coefficient (Wildman–Crippen LogP) is 3.59. The molecule has 2 fully saturated rings. The highest BCUT2D eigenvalue weighted by Gasteiger charge is 2.50. The Labute approximate surface area is 134 Å². The molecular formula is C16H18Cl2O3. The number of halogens is 2. The molecule has 0 radical (unpaired) electrons. The van der Waals surface area contributed by atoms with Gasteiger partial charge in [-0.05, 0) is 30.0 Å². The van der Waals surface area contributed by atoms with Gasteiger partial charge in [-0.2, -0.15) is 0 Å². The number of ether oxygens (including phenoxy) is 1. The molecule has 3 nitrogen and oxygen atoms in total. The minimum absolute atomic E-state index is 0.0189. The van der Waals surface area contributed by atoms with Crippen LogP contribution in [0.3, 0.4) is 0 Å². The van der Waals surface area contributed by atoms with E-state index in [4.69, 9.17) is 27.9 Å². The van der Waals surface area contributed by atoms with Crippen molar-refractivity contribution in [3.05, 3.63) is 33.8 Å². The van der Waals surface area contributed by atoms with Gasteiger partial charge in [-0.3, -0.25) is 4.79 Å². The highest BCUT2D eigenvalue weighted by atomic mass is 35.5. The Balaban J connectivity index is 1.98. The van der Waals surface area contributed by atoms with Crippen molar-refractivity contribution in [2.24, 2.45) is 5.92 Å². The van der Waals surface area contributed by atoms with Crippen molar-refractivity contribution in [1.82, 2.24) is 0 Å². The summed E-state index contributed by atoms with van der Waals surface area (Å²) in [5.41, 5.74) is 1.00. The lowest BCUT2D eigenvalue weighted by Gasteiger charge is -2.36. The summed E-state index contributed by atoms with van der Waals surface area (Å²) in [6.45, 7) is 1.85. The van der Waals surface area contributed by atoms with Crippen LogP contribution in [0.1, 0.15) is 37.7 Å². The minimum Gasteiger partial charge on any atom is -0.390 e. The van der Waals surface area contributed by atoms with Crippen molar-refractivity contribution in [2.75, 3.05) is 0 Å². The first-order chi connectivity index (χ1) is 10.0. The van der Waals surface area contributed by atoms with Crippen molar-refractivity contribution in [3.8, 4) is 0 Å². The Hall–Kier alpha value is -0.610. The molecule has 0 aliphatic carbocycles. The van der Waals surface area contributed by atoms with E-state index in [1.807, 2.05) is 19.1 Å². The Morgan fingerprint density at radius 2 is 2.10 bits per heavy atom. The van der Waals surface area contributed by atoms with E-state index in [0.29, 0.717) is 22.9 Å². The summed E-state index contributed by atoms with van der Waals surface area (Å²) < 4.78 is 5.82. The SMILES string of the molecule is CCC(=O)[C@H]1[C@@H](c2ccc(Cl)c(Cl)c2)CC2CC(O)[C@H]1O2. The first kappa shape index (κ1) is 15.3. The quantitative estimate of drug-likeness (QED) is 0.922. The number of benzene rings is 1. The number of ketones is 1. The van der Waals surface area contributed by atoms with Gasteiger partial charge in [-0.15, -0.1) is 0 Å². The molecule has 0 amide bonds. The molecular weight excluding hydrogens is 311 g/mol. The van der Waals surface area contributed by atoms with Gasteiger partial charge in [0.2, 0.25) is 0 Å². The van der Waals surface area contributed by atoms with Crippen LogP contribution >= 0.6 is 23.2 Å². The molecule has 3 rings (SSSR count). The monoisotopic (exact) mass is 328 g/mol. The molecule has 1 N–H and O–H groups in total. The molecule has 0 aromatic heterocycles. The second kappa shape index (κ2) is 5.88. The van der Waals surface area contributed by atoms with Crippen molar-refractivity contribution in [2.45, 2.75) is 50.4 Å². The number of hydrogen-bond donors (Lipinski definition) is 1. The average Bonchev–Trinajstić information content (AvgIpc) is 2.76. The van der Waals surface area contributed by atoms with E-state index in [1.165, 1.54) is 0 Å². The zero-order chi connectivity index (χ0) is 15.1. The van der Waals surface area contributed by atoms with Gasteiger partial charge in [0.05, 0.1) is 34.3 Å². The number of rotatable bonds is 3. The molecule has 0 spiro atoms. The topological polar surface area (TPSA) is 46.5 Å². The van der Waals surface area contributed by atoms with Crippen molar-refractivity contribution in [3.63, 3.8) is 0 Å². The van der Waals surface area contributed by atoms with Gasteiger partial charge < -0.3 is 9.84 Å². The fourth-order valence-electron chi connectivity index (χ4n) is 3.64. The summed E-state index contributed by atoms with van der Waals surface area (Å²) in [4.78, 5) is 12.4. The van der Waals surface area contributed by atoms with Gasteiger partial charge in [0.15, 0.2) is 0 Å². The van der Waals surface area contributed by atoms with Gasteiger partial charge >= 0.3 is 0 Å². The summed E-state index contributed by atoms with van der Waals surface area (Å²) in [5.74, 6) is -0.135. The number of carbonyl (C=O) groups is 1. The van der Waals surface area contributed by atoms with Crippen LogP contribution in [0.25, 0.3) is 0 Å². The molecule has 5 atom stereocenters. The van der Waals surface area contributed by atoms with Gasteiger partial charge in [0.25, 0.3) is 0 Å². The lowest BCUT2D eigenvalue weighted by Crippen LogP contribution is -2.42. The van der Waals surface area contributed by atoms with Crippen molar-refractivity contribution >= 4 is 29.0 Å². The maximum atomic E-state index is 12.4. The first-order valence-corrected chi connectivity index (χ1v) is 8.08. The maximum absolute atomic E-state index is 12.4. The second-order valence-electron chi connectivity index (χ2n) is 5.89. The predicted molar refractivity (Wildman–Crippen MR) is 81.9 cm³/mol. The molecule has 1 aromatic carbocycles. The van der Waals surface area contributed by atoms with Gasteiger partial charge in [0.1, 0.15) is 5.78 Å². The van der Waals surface area contributed by atoms with Crippen molar-refractivity contribution < 1.29 is 14.6 Å². The first-order valence-electron chi connectivity index (χ1n) is 7.32. The molecule has 2 bridgehead atoms. The summed E-state index contributed by atoms with van der Waals surface area (Å²) >= 11 is 12.1. The van der Waals surface area contributed by atoms with Crippen LogP contribution in [0.4, 0.5) is 0 Å². The van der Waals surface area contributed by atoms with Crippen LogP contribution in [0, 0.1) is 5.92 Å². The maximum Gasteiger partial charge on any atom is 0.139 e. The smallest absolute Gasteiger partial charge is 0.139 e. The third-order valence-electron chi connectivity index (χ3n) is 4.63. The summed E-state index contributed by atoms with van der Waals surface area (Å²) in [6, 6.07) is 5.52. The lowest BCUT2D eigenvalue weighted by atomic mass is 9.76. The molecule has 2 unspecified atom stereocenters. The van der Waals surface area contributed by atoms with E-state index in [9.17, 15) is 9.90 Å². The molecule has 2 heterocycles. The Morgan fingerprint density at radius 1 is 1.33 bits per heavy atom. The highest BCUT2D eigenvalue weighted by molar-refractivity contribution is 6.42. The van der Waals surface area contributed by atoms with E-state index in [1.54, 1.807) is 6.07 Å². The molecule has 5 heteroatoms. The largest absolute Gasteiger partial charge is 0.390 e. The standard InChI is InChI=1S/C16H18Cl2O3/c1-2-13(19)15-10(6-9-7-14(20)16(15)21-9)8-3-4-11(17)12(18)5-8/h3-5,9-10,14-16,20H,2,6-7H2,1H3/t9?,10-,14?,15-,16-/m1/s1. The number of aliphatic hydroxyl groups excluding tert-OH is 1. The molecule has 2 saturated heterocycles. The van der Waals surface area contributed by atoms with Crippen molar-refractivity contribution in [1.29, 1.82) is 0 Å². The van der Waals surface area contributed by atoms with Crippen LogP contribution in [0.15, 0.2) is 18.2 Å². The third-order valence-corrected chi connectivity index (χ3v) is 5.37. The molecule has 0 saturated carbocycles. The van der Waals surface area contributed by atoms with Crippen LogP contribution in [0.2, 0.25) is 10.0 Å².